The summed E-state index contributed by atoms with van der Waals surface area (Å²) < 4.78 is 38.2. The van der Waals surface area contributed by atoms with Crippen LogP contribution in [0.5, 0.6) is 5.75 Å². The molecule has 0 saturated carbocycles. The standard InChI is InChI=1S/C15H7BrClF3N2O/c16-11-4-8(1-2-13(11)23)3-9(6-21)14-12(17)5-10(7-22-14)15(18,19)20/h1-5,7,23H. The van der Waals surface area contributed by atoms with E-state index in [1.54, 1.807) is 6.07 Å². The molecule has 1 aromatic carbocycles. The summed E-state index contributed by atoms with van der Waals surface area (Å²) in [7, 11) is 0. The lowest BCUT2D eigenvalue weighted by atomic mass is 10.1. The van der Waals surface area contributed by atoms with Gasteiger partial charge in [-0.05, 0) is 45.8 Å². The Labute approximate surface area is 142 Å². The molecule has 1 heterocycles. The first-order valence-corrected chi connectivity index (χ1v) is 7.23. The van der Waals surface area contributed by atoms with Gasteiger partial charge in [-0.1, -0.05) is 17.7 Å². The van der Waals surface area contributed by atoms with Crippen LogP contribution in [0.3, 0.4) is 0 Å². The average molecular weight is 404 g/mol. The minimum absolute atomic E-state index is 0.00122. The summed E-state index contributed by atoms with van der Waals surface area (Å²) in [5.41, 5.74) is -0.493. The number of benzene rings is 1. The van der Waals surface area contributed by atoms with Crippen molar-refractivity contribution in [3.8, 4) is 11.8 Å². The van der Waals surface area contributed by atoms with E-state index in [0.29, 0.717) is 16.2 Å². The Kier molecular flexibility index (Phi) is 4.97. The maximum absolute atomic E-state index is 12.6. The number of aromatic nitrogens is 1. The van der Waals surface area contributed by atoms with Crippen LogP contribution in [0.15, 0.2) is 34.9 Å². The van der Waals surface area contributed by atoms with Gasteiger partial charge in [-0.2, -0.15) is 18.4 Å². The number of allylic oxidation sites excluding steroid dienone is 1. The van der Waals surface area contributed by atoms with Gasteiger partial charge in [0.15, 0.2) is 0 Å². The number of hydrogen-bond donors (Lipinski definition) is 1. The summed E-state index contributed by atoms with van der Waals surface area (Å²) in [6.45, 7) is 0. The van der Waals surface area contributed by atoms with Gasteiger partial charge < -0.3 is 5.11 Å². The van der Waals surface area contributed by atoms with Crippen LogP contribution in [-0.4, -0.2) is 10.1 Å². The summed E-state index contributed by atoms with van der Waals surface area (Å²) in [4.78, 5) is 3.65. The van der Waals surface area contributed by atoms with Gasteiger partial charge in [-0.25, -0.2) is 0 Å². The van der Waals surface area contributed by atoms with Crippen LogP contribution in [0.4, 0.5) is 13.2 Å². The first-order chi connectivity index (χ1) is 10.7. The second-order valence-corrected chi connectivity index (χ2v) is 5.69. The van der Waals surface area contributed by atoms with Gasteiger partial charge in [-0.15, -0.1) is 0 Å². The van der Waals surface area contributed by atoms with Crippen LogP contribution in [0.2, 0.25) is 5.02 Å². The quantitative estimate of drug-likeness (QED) is 0.694. The molecular weight excluding hydrogens is 397 g/mol. The number of phenols is 1. The second-order valence-electron chi connectivity index (χ2n) is 4.43. The van der Waals surface area contributed by atoms with E-state index in [9.17, 15) is 23.5 Å². The van der Waals surface area contributed by atoms with Crippen molar-refractivity contribution in [3.05, 3.63) is 56.8 Å². The van der Waals surface area contributed by atoms with Crippen molar-refractivity contribution < 1.29 is 18.3 Å². The molecule has 0 aliphatic carbocycles. The topological polar surface area (TPSA) is 56.9 Å². The zero-order chi connectivity index (χ0) is 17.2. The molecule has 1 N–H and O–H groups in total. The van der Waals surface area contributed by atoms with Crippen molar-refractivity contribution in [2.45, 2.75) is 6.18 Å². The fourth-order valence-electron chi connectivity index (χ4n) is 1.72. The first kappa shape index (κ1) is 17.3. The average Bonchev–Trinajstić information content (AvgIpc) is 2.47. The van der Waals surface area contributed by atoms with E-state index >= 15 is 0 Å². The van der Waals surface area contributed by atoms with Gasteiger partial charge in [-0.3, -0.25) is 4.98 Å². The van der Waals surface area contributed by atoms with E-state index in [4.69, 9.17) is 11.6 Å². The summed E-state index contributed by atoms with van der Waals surface area (Å²) in [5, 5.41) is 18.4. The van der Waals surface area contributed by atoms with Crippen LogP contribution in [0, 0.1) is 11.3 Å². The summed E-state index contributed by atoms with van der Waals surface area (Å²) >= 11 is 8.96. The molecule has 23 heavy (non-hydrogen) atoms. The molecule has 0 radical (unpaired) electrons. The smallest absolute Gasteiger partial charge is 0.417 e. The van der Waals surface area contributed by atoms with E-state index in [2.05, 4.69) is 20.9 Å². The summed E-state index contributed by atoms with van der Waals surface area (Å²) in [5.74, 6) is 0.0198. The molecule has 0 fully saturated rings. The predicted octanol–water partition coefficient (Wildman–Crippen LogP) is 5.29. The molecule has 0 atom stereocenters. The van der Waals surface area contributed by atoms with Crippen LogP contribution in [-0.2, 0) is 6.18 Å². The fraction of sp³-hybridized carbons (Fsp3) is 0.0667. The maximum atomic E-state index is 12.6. The van der Waals surface area contributed by atoms with Gasteiger partial charge in [0.25, 0.3) is 0 Å². The normalized spacial score (nSPS) is 12.1. The highest BCUT2D eigenvalue weighted by atomic mass is 79.9. The van der Waals surface area contributed by atoms with Crippen molar-refractivity contribution >= 4 is 39.2 Å². The monoisotopic (exact) mass is 402 g/mol. The number of rotatable bonds is 2. The second kappa shape index (κ2) is 6.60. The number of phenolic OH excluding ortho intramolecular Hbond substituents is 1. The Morgan fingerprint density at radius 2 is 2.04 bits per heavy atom. The number of hydrogen-bond acceptors (Lipinski definition) is 3. The Morgan fingerprint density at radius 3 is 2.57 bits per heavy atom. The van der Waals surface area contributed by atoms with E-state index in [-0.39, 0.29) is 22.0 Å². The van der Waals surface area contributed by atoms with Crippen LogP contribution >= 0.6 is 27.5 Å². The Bertz CT molecular complexity index is 828. The number of pyridine rings is 1. The third-order valence-electron chi connectivity index (χ3n) is 2.83. The zero-order valence-corrected chi connectivity index (χ0v) is 13.5. The lowest BCUT2D eigenvalue weighted by Crippen LogP contribution is -2.06. The number of alkyl halides is 3. The molecule has 2 rings (SSSR count). The Balaban J connectivity index is 2.47. The van der Waals surface area contributed by atoms with Crippen molar-refractivity contribution in [1.82, 2.24) is 4.98 Å². The number of halogens is 5. The minimum atomic E-state index is -4.56. The largest absolute Gasteiger partial charge is 0.507 e. The Morgan fingerprint density at radius 1 is 1.35 bits per heavy atom. The molecule has 0 spiro atoms. The van der Waals surface area contributed by atoms with Crippen molar-refractivity contribution in [2.24, 2.45) is 0 Å². The molecule has 0 aliphatic heterocycles. The van der Waals surface area contributed by atoms with Crippen molar-refractivity contribution in [1.29, 1.82) is 5.26 Å². The number of nitrogens with zero attached hydrogens (tertiary/aromatic N) is 2. The van der Waals surface area contributed by atoms with E-state index < -0.39 is 11.7 Å². The van der Waals surface area contributed by atoms with Crippen LogP contribution in [0.1, 0.15) is 16.8 Å². The highest BCUT2D eigenvalue weighted by molar-refractivity contribution is 9.10. The molecular formula is C15H7BrClF3N2O. The molecule has 3 nitrogen and oxygen atoms in total. The molecule has 8 heteroatoms. The van der Waals surface area contributed by atoms with Gasteiger partial charge in [0.1, 0.15) is 11.8 Å². The Hall–Kier alpha value is -2.04. The molecule has 0 bridgehead atoms. The van der Waals surface area contributed by atoms with E-state index in [1.165, 1.54) is 18.2 Å². The van der Waals surface area contributed by atoms with Crippen molar-refractivity contribution in [3.63, 3.8) is 0 Å². The highest BCUT2D eigenvalue weighted by Gasteiger charge is 2.31. The van der Waals surface area contributed by atoms with E-state index in [1.807, 2.05) is 6.07 Å². The van der Waals surface area contributed by atoms with Crippen molar-refractivity contribution in [2.75, 3.05) is 0 Å². The molecule has 0 saturated heterocycles. The lowest BCUT2D eigenvalue weighted by Gasteiger charge is -2.08. The highest BCUT2D eigenvalue weighted by Crippen LogP contribution is 2.33. The fourth-order valence-corrected chi connectivity index (χ4v) is 2.39. The molecule has 1 aromatic heterocycles. The zero-order valence-electron chi connectivity index (χ0n) is 11.2. The molecule has 2 aromatic rings. The molecule has 0 unspecified atom stereocenters. The predicted molar refractivity (Wildman–Crippen MR) is 83.5 cm³/mol. The minimum Gasteiger partial charge on any atom is -0.507 e. The van der Waals surface area contributed by atoms with Crippen LogP contribution < -0.4 is 0 Å². The van der Waals surface area contributed by atoms with Gasteiger partial charge in [0.2, 0.25) is 0 Å². The third kappa shape index (κ3) is 4.03. The van der Waals surface area contributed by atoms with Crippen LogP contribution in [0.25, 0.3) is 11.6 Å². The summed E-state index contributed by atoms with van der Waals surface area (Å²) in [6, 6.07) is 7.07. The maximum Gasteiger partial charge on any atom is 0.417 e. The summed E-state index contributed by atoms with van der Waals surface area (Å²) in [6.07, 6.45) is -2.53. The molecule has 118 valence electrons. The third-order valence-corrected chi connectivity index (χ3v) is 3.75. The number of nitriles is 1. The van der Waals surface area contributed by atoms with E-state index in [0.717, 1.165) is 6.07 Å². The van der Waals surface area contributed by atoms with Gasteiger partial charge >= 0.3 is 6.18 Å². The molecule has 0 amide bonds. The lowest BCUT2D eigenvalue weighted by molar-refractivity contribution is -0.137. The molecule has 0 aliphatic rings. The van der Waals surface area contributed by atoms with Gasteiger partial charge in [0, 0.05) is 6.20 Å². The SMILES string of the molecule is N#CC(=Cc1ccc(O)c(Br)c1)c1ncc(C(F)(F)F)cc1Cl. The first-order valence-electron chi connectivity index (χ1n) is 6.06. The van der Waals surface area contributed by atoms with Gasteiger partial charge in [0.05, 0.1) is 26.3 Å². The number of aromatic hydroxyl groups is 1.